The van der Waals surface area contributed by atoms with E-state index in [1.165, 1.54) is 5.57 Å². The summed E-state index contributed by atoms with van der Waals surface area (Å²) >= 11 is 0. The number of hydrogen-bond acceptors (Lipinski definition) is 5. The highest BCUT2D eigenvalue weighted by molar-refractivity contribution is 6.26. The lowest BCUT2D eigenvalue weighted by atomic mass is 9.67. The van der Waals surface area contributed by atoms with Gasteiger partial charge >= 0.3 is 0 Å². The van der Waals surface area contributed by atoms with Crippen LogP contribution < -0.4 is 9.80 Å². The van der Waals surface area contributed by atoms with Crippen molar-refractivity contribution in [2.45, 2.75) is 25.4 Å². The van der Waals surface area contributed by atoms with E-state index in [0.717, 1.165) is 69.4 Å². The van der Waals surface area contributed by atoms with Crippen LogP contribution in [0.2, 0.25) is 0 Å². The molecular weight excluding hydrogens is 587 g/mol. The molecule has 0 spiro atoms. The number of rotatable bonds is 8. The molecule has 1 unspecified atom stereocenters. The molecule has 0 aliphatic carbocycles. The van der Waals surface area contributed by atoms with E-state index in [-0.39, 0.29) is 6.17 Å². The Hall–Kier alpha value is -5.81. The maximum atomic E-state index is 5.61. The second kappa shape index (κ2) is 12.4. The fraction of sp³-hybridized carbons (Fsp3) is 0.140. The van der Waals surface area contributed by atoms with Crippen LogP contribution in [0.1, 0.15) is 36.1 Å². The summed E-state index contributed by atoms with van der Waals surface area (Å²) in [4.78, 5) is 20.6. The monoisotopic (exact) mass is 623 g/mol. The maximum absolute atomic E-state index is 5.61. The summed E-state index contributed by atoms with van der Waals surface area (Å²) in [7, 11) is 0. The summed E-state index contributed by atoms with van der Waals surface area (Å²) in [6, 6.07) is 51.0. The molecule has 48 heavy (non-hydrogen) atoms. The number of aromatic nitrogens is 2. The Labute approximate surface area is 282 Å². The Bertz CT molecular complexity index is 2110. The van der Waals surface area contributed by atoms with Crippen LogP contribution in [0, 0.1) is 0 Å². The van der Waals surface area contributed by atoms with E-state index >= 15 is 0 Å². The summed E-state index contributed by atoms with van der Waals surface area (Å²) < 4.78 is 0. The minimum Gasteiger partial charge on any atom is -0.330 e. The van der Waals surface area contributed by atoms with Crippen LogP contribution in [0.5, 0.6) is 0 Å². The normalized spacial score (nSPS) is 17.8. The number of benzene rings is 5. The SMILES string of the molecule is CCN1c2nc3ccccc3nc2N(CC)C1C=CC1(c2ccccc2)C(c2ccccc2)=NC(c2ccccc2)=C1c1ccccc1. The smallest absolute Gasteiger partial charge is 0.174 e. The molecule has 5 nitrogen and oxygen atoms in total. The highest BCUT2D eigenvalue weighted by Gasteiger charge is 2.47. The molecule has 0 amide bonds. The average Bonchev–Trinajstić information content (AvgIpc) is 3.66. The second-order valence-corrected chi connectivity index (χ2v) is 12.2. The van der Waals surface area contributed by atoms with Crippen LogP contribution >= 0.6 is 0 Å². The molecular formula is C43H37N5. The third-order valence-electron chi connectivity index (χ3n) is 9.53. The van der Waals surface area contributed by atoms with Crippen LogP contribution in [-0.4, -0.2) is 34.9 Å². The fourth-order valence-corrected chi connectivity index (χ4v) is 7.36. The van der Waals surface area contributed by atoms with Gasteiger partial charge in [-0.3, -0.25) is 4.99 Å². The number of anilines is 2. The third-order valence-corrected chi connectivity index (χ3v) is 9.53. The zero-order chi connectivity index (χ0) is 32.5. The summed E-state index contributed by atoms with van der Waals surface area (Å²) in [6.07, 6.45) is 4.69. The Morgan fingerprint density at radius 2 is 1.02 bits per heavy atom. The number of hydrogen-bond donors (Lipinski definition) is 0. The highest BCUT2D eigenvalue weighted by atomic mass is 15.5. The summed E-state index contributed by atoms with van der Waals surface area (Å²) in [5, 5.41) is 0. The number of likely N-dealkylation sites (N-methyl/N-ethyl adjacent to an activating group) is 2. The van der Waals surface area contributed by atoms with Crippen molar-refractivity contribution >= 4 is 39.7 Å². The maximum Gasteiger partial charge on any atom is 0.174 e. The van der Waals surface area contributed by atoms with Crippen molar-refractivity contribution < 1.29 is 0 Å². The van der Waals surface area contributed by atoms with Crippen LogP contribution in [0.25, 0.3) is 22.3 Å². The van der Waals surface area contributed by atoms with E-state index in [4.69, 9.17) is 15.0 Å². The minimum absolute atomic E-state index is 0.0813. The van der Waals surface area contributed by atoms with Gasteiger partial charge in [-0.2, -0.15) is 0 Å². The van der Waals surface area contributed by atoms with Crippen molar-refractivity contribution in [2.24, 2.45) is 4.99 Å². The van der Waals surface area contributed by atoms with Gasteiger partial charge in [0, 0.05) is 24.2 Å². The third kappa shape index (κ3) is 4.82. The number of allylic oxidation sites excluding steroid dienone is 2. The molecule has 0 bridgehead atoms. The van der Waals surface area contributed by atoms with E-state index < -0.39 is 5.41 Å². The van der Waals surface area contributed by atoms with E-state index in [0.29, 0.717) is 0 Å². The van der Waals surface area contributed by atoms with Gasteiger partial charge in [0.05, 0.1) is 27.9 Å². The molecule has 0 saturated heterocycles. The Morgan fingerprint density at radius 1 is 0.562 bits per heavy atom. The van der Waals surface area contributed by atoms with Crippen LogP contribution in [0.3, 0.4) is 0 Å². The Morgan fingerprint density at radius 3 is 1.54 bits per heavy atom. The van der Waals surface area contributed by atoms with Crippen molar-refractivity contribution in [2.75, 3.05) is 22.9 Å². The van der Waals surface area contributed by atoms with Gasteiger partial charge in [0.1, 0.15) is 6.17 Å². The molecule has 234 valence electrons. The van der Waals surface area contributed by atoms with Gasteiger partial charge in [0.25, 0.3) is 0 Å². The average molecular weight is 624 g/mol. The largest absolute Gasteiger partial charge is 0.330 e. The molecule has 6 aromatic rings. The van der Waals surface area contributed by atoms with Gasteiger partial charge in [-0.25, -0.2) is 9.97 Å². The lowest BCUT2D eigenvalue weighted by Gasteiger charge is -2.35. The van der Waals surface area contributed by atoms with Crippen LogP contribution in [0.15, 0.2) is 163 Å². The fourth-order valence-electron chi connectivity index (χ4n) is 7.36. The molecule has 1 atom stereocenters. The first-order chi connectivity index (χ1) is 23.7. The molecule has 0 radical (unpaired) electrons. The first-order valence-corrected chi connectivity index (χ1v) is 16.8. The minimum atomic E-state index is -0.700. The number of fused-ring (bicyclic) bond motifs is 2. The van der Waals surface area contributed by atoms with E-state index in [1.54, 1.807) is 0 Å². The molecule has 0 N–H and O–H groups in total. The molecule has 5 heteroatoms. The van der Waals surface area contributed by atoms with Crippen molar-refractivity contribution in [1.82, 2.24) is 9.97 Å². The molecule has 5 aromatic carbocycles. The van der Waals surface area contributed by atoms with Crippen molar-refractivity contribution in [1.29, 1.82) is 0 Å². The van der Waals surface area contributed by atoms with E-state index in [1.807, 2.05) is 24.3 Å². The first-order valence-electron chi connectivity index (χ1n) is 16.8. The number of para-hydroxylation sites is 2. The number of nitrogens with zero attached hydrogens (tertiary/aromatic N) is 5. The number of aliphatic imine (C=N–C) groups is 1. The van der Waals surface area contributed by atoms with Crippen molar-refractivity contribution in [3.8, 4) is 0 Å². The molecule has 1 aromatic heterocycles. The van der Waals surface area contributed by atoms with E-state index in [9.17, 15) is 0 Å². The van der Waals surface area contributed by atoms with Crippen molar-refractivity contribution in [3.05, 3.63) is 180 Å². The van der Waals surface area contributed by atoms with Gasteiger partial charge in [0.15, 0.2) is 11.6 Å². The predicted octanol–water partition coefficient (Wildman–Crippen LogP) is 9.19. The second-order valence-electron chi connectivity index (χ2n) is 12.2. The van der Waals surface area contributed by atoms with Gasteiger partial charge in [-0.15, -0.1) is 0 Å². The van der Waals surface area contributed by atoms with E-state index in [2.05, 4.69) is 157 Å². The summed E-state index contributed by atoms with van der Waals surface area (Å²) in [5.41, 5.74) is 8.77. The topological polar surface area (TPSA) is 44.6 Å². The predicted molar refractivity (Wildman–Crippen MR) is 199 cm³/mol. The van der Waals surface area contributed by atoms with Gasteiger partial charge < -0.3 is 9.80 Å². The standard InChI is InChI=1S/C43H37N5/c1-3-47-37(48(4-2)42-41(47)44-35-27-17-18-28-36(35)45-42)29-30-43(34-25-15-8-16-26-34)38(31-19-9-5-10-20-31)39(32-21-11-6-12-22-32)46-40(43)33-23-13-7-14-24-33/h5-30,37H,3-4H2,1-2H3. The first kappa shape index (κ1) is 29.6. The van der Waals surface area contributed by atoms with Crippen LogP contribution in [-0.2, 0) is 5.41 Å². The molecule has 2 aliphatic rings. The molecule has 3 heterocycles. The van der Waals surface area contributed by atoms with Gasteiger partial charge in [-0.1, -0.05) is 140 Å². The molecule has 0 saturated carbocycles. The summed E-state index contributed by atoms with van der Waals surface area (Å²) in [6.45, 7) is 5.98. The molecule has 0 fully saturated rings. The van der Waals surface area contributed by atoms with Crippen LogP contribution in [0.4, 0.5) is 11.6 Å². The molecule has 2 aliphatic heterocycles. The zero-order valence-electron chi connectivity index (χ0n) is 27.2. The summed E-state index contributed by atoms with van der Waals surface area (Å²) in [5.74, 6) is 1.85. The molecule has 8 rings (SSSR count). The zero-order valence-corrected chi connectivity index (χ0v) is 27.2. The lowest BCUT2D eigenvalue weighted by molar-refractivity contribution is 0.684. The van der Waals surface area contributed by atoms with Gasteiger partial charge in [0.2, 0.25) is 0 Å². The quantitative estimate of drug-likeness (QED) is 0.159. The van der Waals surface area contributed by atoms with Crippen molar-refractivity contribution in [3.63, 3.8) is 0 Å². The lowest BCUT2D eigenvalue weighted by Crippen LogP contribution is -2.43. The van der Waals surface area contributed by atoms with Gasteiger partial charge in [-0.05, 0) is 48.7 Å². The Balaban J connectivity index is 1.40. The highest BCUT2D eigenvalue weighted by Crippen LogP contribution is 2.52. The Kier molecular flexibility index (Phi) is 7.65.